The van der Waals surface area contributed by atoms with Gasteiger partial charge in [0.2, 0.25) is 22.5 Å². The summed E-state index contributed by atoms with van der Waals surface area (Å²) >= 11 is 0. The molecule has 0 N–H and O–H groups in total. The van der Waals surface area contributed by atoms with Crippen LogP contribution in [0.4, 0.5) is 4.39 Å². The minimum atomic E-state index is -1.96. The lowest BCUT2D eigenvalue weighted by atomic mass is 10.2. The van der Waals surface area contributed by atoms with Crippen molar-refractivity contribution in [3.63, 3.8) is 0 Å². The lowest BCUT2D eigenvalue weighted by Gasteiger charge is -2.25. The van der Waals surface area contributed by atoms with Gasteiger partial charge in [-0.25, -0.2) is 0 Å². The summed E-state index contributed by atoms with van der Waals surface area (Å²) in [7, 11) is -3.87. The van der Waals surface area contributed by atoms with Crippen molar-refractivity contribution in [1.29, 1.82) is 0 Å². The van der Waals surface area contributed by atoms with E-state index in [0.29, 0.717) is 6.61 Å². The second kappa shape index (κ2) is 9.40. The fourth-order valence-electron chi connectivity index (χ4n) is 1.59. The maximum absolute atomic E-state index is 14.9. The molecule has 0 aromatic carbocycles. The first-order chi connectivity index (χ1) is 10.00. The van der Waals surface area contributed by atoms with E-state index in [9.17, 15) is 4.39 Å². The summed E-state index contributed by atoms with van der Waals surface area (Å²) in [6.45, 7) is 16.4. The van der Waals surface area contributed by atoms with Crippen LogP contribution in [-0.2, 0) is 13.6 Å². The first kappa shape index (κ1) is 21.2. The number of hydrogen-bond donors (Lipinski definition) is 0. The summed E-state index contributed by atoms with van der Waals surface area (Å²) < 4.78 is 31.9. The van der Waals surface area contributed by atoms with Crippen LogP contribution in [0.15, 0.2) is 23.6 Å². The molecule has 0 fully saturated rings. The molecule has 3 nitrogen and oxygen atoms in total. The monoisotopic (exact) mass is 348 g/mol. The first-order valence-corrected chi connectivity index (χ1v) is 14.9. The molecular formula is C16H33FO3Si2. The van der Waals surface area contributed by atoms with Gasteiger partial charge >= 0.3 is 5.95 Å². The number of unbranched alkanes of at least 4 members (excludes halogenated alkanes) is 2. The molecule has 0 radical (unpaired) electrons. The Morgan fingerprint density at radius 1 is 0.955 bits per heavy atom. The zero-order chi connectivity index (χ0) is 17.4. The summed E-state index contributed by atoms with van der Waals surface area (Å²) in [6.07, 6.45) is 4.68. The van der Waals surface area contributed by atoms with Crippen LogP contribution in [0.5, 0.6) is 0 Å². The van der Waals surface area contributed by atoms with Crippen LogP contribution in [0.25, 0.3) is 0 Å². The van der Waals surface area contributed by atoms with Crippen molar-refractivity contribution < 1.29 is 18.0 Å². The number of halogens is 1. The maximum atomic E-state index is 14.9. The second-order valence-electron chi connectivity index (χ2n) is 7.17. The van der Waals surface area contributed by atoms with Crippen molar-refractivity contribution in [3.8, 4) is 0 Å². The van der Waals surface area contributed by atoms with Gasteiger partial charge in [-0.15, -0.1) is 0 Å². The minimum Gasteiger partial charge on any atom is -0.542 e. The van der Waals surface area contributed by atoms with Gasteiger partial charge in [0.15, 0.2) is 0 Å². The molecule has 0 aliphatic carbocycles. The van der Waals surface area contributed by atoms with Crippen molar-refractivity contribution in [2.75, 3.05) is 6.61 Å². The Balaban J connectivity index is 5.51. The van der Waals surface area contributed by atoms with E-state index in [1.165, 1.54) is 0 Å². The van der Waals surface area contributed by atoms with Crippen LogP contribution >= 0.6 is 0 Å². The molecule has 0 unspecified atom stereocenters. The Hall–Kier alpha value is -0.756. The molecule has 0 rings (SSSR count). The third kappa shape index (κ3) is 10.1. The lowest BCUT2D eigenvalue weighted by molar-refractivity contribution is 0.0984. The Bertz CT molecular complexity index is 393. The van der Waals surface area contributed by atoms with E-state index in [0.717, 1.165) is 19.3 Å². The topological polar surface area (TPSA) is 27.7 Å². The smallest absolute Gasteiger partial charge is 0.306 e. The molecule has 6 heteroatoms. The van der Waals surface area contributed by atoms with Crippen molar-refractivity contribution in [3.05, 3.63) is 23.6 Å². The van der Waals surface area contributed by atoms with Crippen LogP contribution < -0.4 is 0 Å². The zero-order valence-electron chi connectivity index (χ0n) is 15.5. The van der Waals surface area contributed by atoms with E-state index in [1.54, 1.807) is 0 Å². The van der Waals surface area contributed by atoms with E-state index in [2.05, 4.69) is 6.92 Å². The summed E-state index contributed by atoms with van der Waals surface area (Å²) in [6, 6.07) is 0. The molecule has 130 valence electrons. The normalized spacial score (nSPS) is 14.5. The Morgan fingerprint density at radius 2 is 1.50 bits per heavy atom. The van der Waals surface area contributed by atoms with Gasteiger partial charge in [-0.05, 0) is 65.1 Å². The molecule has 0 bridgehead atoms. The van der Waals surface area contributed by atoms with E-state index in [-0.39, 0.29) is 11.7 Å². The largest absolute Gasteiger partial charge is 0.542 e. The van der Waals surface area contributed by atoms with Crippen LogP contribution in [0, 0.1) is 0 Å². The van der Waals surface area contributed by atoms with E-state index >= 15 is 0 Å². The average Bonchev–Trinajstić information content (AvgIpc) is 2.33. The van der Waals surface area contributed by atoms with Crippen LogP contribution in [0.2, 0.25) is 39.3 Å². The summed E-state index contributed by atoms with van der Waals surface area (Å²) in [5, 5.41) is 0. The molecule has 0 atom stereocenters. The minimum absolute atomic E-state index is 0.0253. The van der Waals surface area contributed by atoms with Crippen LogP contribution in [-0.4, -0.2) is 23.2 Å². The van der Waals surface area contributed by atoms with E-state index in [4.69, 9.17) is 13.6 Å². The lowest BCUT2D eigenvalue weighted by Crippen LogP contribution is -2.28. The molecule has 0 aliphatic rings. The van der Waals surface area contributed by atoms with Gasteiger partial charge in [0, 0.05) is 0 Å². The Labute approximate surface area is 137 Å². The number of allylic oxidation sites excluding steroid dienone is 2. The molecule has 0 aromatic rings. The average molecular weight is 349 g/mol. The fourth-order valence-corrected chi connectivity index (χ4v) is 3.13. The fraction of sp³-hybridized carbons (Fsp3) is 0.750. The van der Waals surface area contributed by atoms with Gasteiger partial charge in [-0.1, -0.05) is 13.3 Å². The van der Waals surface area contributed by atoms with E-state index < -0.39 is 22.5 Å². The number of ether oxygens (including phenoxy) is 1. The first-order valence-electron chi connectivity index (χ1n) is 8.11. The molecule has 0 aliphatic heterocycles. The predicted molar refractivity (Wildman–Crippen MR) is 96.2 cm³/mol. The number of hydrogen-bond acceptors (Lipinski definition) is 3. The molecule has 0 saturated carbocycles. The van der Waals surface area contributed by atoms with Crippen LogP contribution in [0.1, 0.15) is 33.1 Å². The third-order valence-corrected chi connectivity index (χ3v) is 4.00. The number of rotatable bonds is 10. The predicted octanol–water partition coefficient (Wildman–Crippen LogP) is 5.94. The summed E-state index contributed by atoms with van der Waals surface area (Å²) in [5.74, 6) is -0.264. The van der Waals surface area contributed by atoms with E-state index in [1.807, 2.05) is 52.3 Å². The Kier molecular flexibility index (Phi) is 9.07. The molecular weight excluding hydrogens is 315 g/mol. The molecule has 0 heterocycles. The van der Waals surface area contributed by atoms with Gasteiger partial charge in [0.05, 0.1) is 6.61 Å². The highest BCUT2D eigenvalue weighted by Crippen LogP contribution is 2.26. The van der Waals surface area contributed by atoms with Crippen molar-refractivity contribution >= 4 is 16.6 Å². The Morgan fingerprint density at radius 3 is 1.91 bits per heavy atom. The molecule has 22 heavy (non-hydrogen) atoms. The highest BCUT2D eigenvalue weighted by Gasteiger charge is 2.27. The quantitative estimate of drug-likeness (QED) is 0.212. The zero-order valence-corrected chi connectivity index (χ0v) is 17.5. The molecule has 0 aromatic heterocycles. The van der Waals surface area contributed by atoms with Gasteiger partial charge in [0.25, 0.3) is 0 Å². The van der Waals surface area contributed by atoms with Crippen LogP contribution in [0.3, 0.4) is 0 Å². The third-order valence-electron chi connectivity index (χ3n) is 2.37. The molecule has 0 amide bonds. The standard InChI is InChI=1S/C16H33FO3Si2/c1-9-11-12-13-14(19-21(3,4)5)15(17)16(18-10-2)20-22(6,7)8/h13H,9-12H2,1-8H3/b14-13+,16-15+. The van der Waals surface area contributed by atoms with Crippen molar-refractivity contribution in [2.45, 2.75) is 72.4 Å². The van der Waals surface area contributed by atoms with Crippen molar-refractivity contribution in [2.24, 2.45) is 0 Å². The SMILES string of the molecule is CCCC/C=C(O[Si](C)(C)C)\C(F)=C(\OCC)O[Si](C)(C)C. The maximum Gasteiger partial charge on any atom is 0.306 e. The molecule has 0 spiro atoms. The van der Waals surface area contributed by atoms with Gasteiger partial charge in [0.1, 0.15) is 5.76 Å². The van der Waals surface area contributed by atoms with Gasteiger partial charge in [-0.2, -0.15) is 4.39 Å². The van der Waals surface area contributed by atoms with Gasteiger partial charge in [-0.3, -0.25) is 0 Å². The summed E-state index contributed by atoms with van der Waals surface area (Å²) in [4.78, 5) is 0. The van der Waals surface area contributed by atoms with Gasteiger partial charge < -0.3 is 13.6 Å². The van der Waals surface area contributed by atoms with Crippen molar-refractivity contribution in [1.82, 2.24) is 0 Å². The summed E-state index contributed by atoms with van der Waals surface area (Å²) in [5.41, 5.74) is 0. The highest BCUT2D eigenvalue weighted by atomic mass is 28.4. The molecule has 0 saturated heterocycles. The highest BCUT2D eigenvalue weighted by molar-refractivity contribution is 6.70. The second-order valence-corrected chi connectivity index (χ2v) is 16.0.